The highest BCUT2D eigenvalue weighted by molar-refractivity contribution is 8.49. The summed E-state index contributed by atoms with van der Waals surface area (Å²) in [4.78, 5) is 3.77. The van der Waals surface area contributed by atoms with Crippen molar-refractivity contribution in [2.75, 3.05) is 14.2 Å². The maximum Gasteiger partial charge on any atom is 0.240 e. The van der Waals surface area contributed by atoms with Crippen molar-refractivity contribution in [1.82, 2.24) is 9.97 Å². The van der Waals surface area contributed by atoms with Crippen LogP contribution in [0.4, 0.5) is 19.9 Å². The van der Waals surface area contributed by atoms with Crippen LogP contribution in [0.3, 0.4) is 0 Å². The van der Waals surface area contributed by atoms with Gasteiger partial charge in [-0.05, 0) is 60.7 Å². The zero-order valence-electron chi connectivity index (χ0n) is 17.9. The Morgan fingerprint density at radius 3 is 1.74 bits per heavy atom. The van der Waals surface area contributed by atoms with Crippen LogP contribution in [-0.4, -0.2) is 24.2 Å². The second-order valence-electron chi connectivity index (χ2n) is 7.22. The molecule has 11 heteroatoms. The third-order valence-electron chi connectivity index (χ3n) is 5.09. The number of rotatable bonds is 6. The summed E-state index contributed by atoms with van der Waals surface area (Å²) in [5, 5.41) is -1.89. The predicted octanol–water partition coefficient (Wildman–Crippen LogP) is 8.15. The van der Waals surface area contributed by atoms with Gasteiger partial charge in [0, 0.05) is 11.1 Å². The first-order valence-corrected chi connectivity index (χ1v) is 11.7. The highest BCUT2D eigenvalue weighted by Crippen LogP contribution is 3.04. The molecule has 1 heterocycles. The summed E-state index contributed by atoms with van der Waals surface area (Å²) in [6.45, 7) is 0. The molecule has 34 heavy (non-hydrogen) atoms. The molecular formula is C23H20ClF5N2O2S. The third-order valence-corrected chi connectivity index (χ3v) is 7.28. The minimum Gasteiger partial charge on any atom is -0.497 e. The lowest BCUT2D eigenvalue weighted by atomic mass is 10.0. The summed E-state index contributed by atoms with van der Waals surface area (Å²) >= 11 is 0. The lowest BCUT2D eigenvalue weighted by Gasteiger charge is -2.47. The van der Waals surface area contributed by atoms with E-state index in [0.29, 0.717) is 29.2 Å². The van der Waals surface area contributed by atoms with Crippen LogP contribution in [0.25, 0.3) is 22.5 Å². The maximum atomic E-state index is 15.4. The molecular weight excluding hydrogens is 499 g/mol. The van der Waals surface area contributed by atoms with Gasteiger partial charge in [-0.15, -0.1) is 28.0 Å². The molecule has 0 unspecified atom stereocenters. The summed E-state index contributed by atoms with van der Waals surface area (Å²) in [5.41, 5.74) is 0.364. The third kappa shape index (κ3) is 4.30. The topological polar surface area (TPSA) is 47.1 Å². The number of nitrogens with zero attached hydrogens (tertiary/aromatic N) is 1. The molecule has 0 spiro atoms. The number of methoxy groups -OCH3 is 2. The second-order valence-corrected chi connectivity index (χ2v) is 10.2. The summed E-state index contributed by atoms with van der Waals surface area (Å²) in [6.07, 6.45) is 0. The van der Waals surface area contributed by atoms with Gasteiger partial charge in [0.05, 0.1) is 25.6 Å². The molecule has 1 aromatic heterocycles. The fraction of sp³-hybridized carbons (Fsp3) is 0.0870. The van der Waals surface area contributed by atoms with Gasteiger partial charge in [0.2, 0.25) is 15.0 Å². The van der Waals surface area contributed by atoms with E-state index >= 15 is 15.5 Å². The van der Waals surface area contributed by atoms with Gasteiger partial charge in [-0.25, -0.2) is 9.37 Å². The maximum absolute atomic E-state index is 15.4. The average molecular weight is 519 g/mol. The lowest BCUT2D eigenvalue weighted by Crippen LogP contribution is -2.18. The van der Waals surface area contributed by atoms with Crippen molar-refractivity contribution >= 4 is 22.2 Å². The van der Waals surface area contributed by atoms with Gasteiger partial charge in [0.1, 0.15) is 22.2 Å². The molecule has 4 nitrogen and oxygen atoms in total. The van der Waals surface area contributed by atoms with Crippen molar-refractivity contribution in [2.24, 2.45) is 0 Å². The van der Waals surface area contributed by atoms with E-state index in [1.807, 2.05) is 0 Å². The van der Waals surface area contributed by atoms with Gasteiger partial charge in [-0.2, -0.15) is 0 Å². The molecule has 0 amide bonds. The molecule has 0 saturated heterocycles. The van der Waals surface area contributed by atoms with Gasteiger partial charge in [0.25, 0.3) is 0 Å². The van der Waals surface area contributed by atoms with E-state index in [1.54, 1.807) is 24.3 Å². The molecule has 0 aliphatic heterocycles. The molecule has 3 aromatic carbocycles. The van der Waals surface area contributed by atoms with Gasteiger partial charge in [0.15, 0.2) is 0 Å². The van der Waals surface area contributed by atoms with E-state index in [9.17, 15) is 4.39 Å². The number of hydrogen-bond acceptors (Lipinski definition) is 3. The molecule has 1 N–H and O–H groups in total. The molecule has 0 aliphatic rings. The van der Waals surface area contributed by atoms with Gasteiger partial charge in [-0.1, -0.05) is 12.1 Å². The fourth-order valence-corrected chi connectivity index (χ4v) is 4.96. The van der Waals surface area contributed by atoms with E-state index in [-0.39, 0.29) is 29.4 Å². The number of hydrogen-bond donors (Lipinski definition) is 1. The van der Waals surface area contributed by atoms with Crippen LogP contribution in [0.5, 0.6) is 11.5 Å². The highest BCUT2D eigenvalue weighted by Gasteiger charge is 2.70. The Balaban J connectivity index is 0.00000324. The number of benzene rings is 3. The molecule has 0 saturated carbocycles. The minimum absolute atomic E-state index is 0. The summed E-state index contributed by atoms with van der Waals surface area (Å²) in [7, 11) is -6.46. The number of ether oxygens (including phenoxy) is 2. The molecule has 4 rings (SSSR count). The van der Waals surface area contributed by atoms with Crippen LogP contribution in [0.1, 0.15) is 0 Å². The van der Waals surface area contributed by atoms with Crippen LogP contribution >= 0.6 is 22.2 Å². The number of nitrogens with one attached hydrogen (secondary N) is 1. The van der Waals surface area contributed by atoms with Crippen molar-refractivity contribution in [1.29, 1.82) is 0 Å². The van der Waals surface area contributed by atoms with Crippen molar-refractivity contribution < 1.29 is 29.4 Å². The number of aromatic amines is 1. The molecule has 4 aromatic rings. The lowest BCUT2D eigenvalue weighted by molar-refractivity contribution is 0.414. The monoisotopic (exact) mass is 518 g/mol. The average Bonchev–Trinajstić information content (AvgIpc) is 3.26. The van der Waals surface area contributed by atoms with Crippen molar-refractivity contribution in [3.63, 3.8) is 0 Å². The van der Waals surface area contributed by atoms with Crippen molar-refractivity contribution in [2.45, 2.75) is 10.1 Å². The Morgan fingerprint density at radius 1 is 0.735 bits per heavy atom. The number of aromatic nitrogens is 2. The van der Waals surface area contributed by atoms with Crippen LogP contribution < -0.4 is 9.47 Å². The first-order valence-electron chi connectivity index (χ1n) is 9.61. The molecule has 0 fully saturated rings. The Kier molecular flexibility index (Phi) is 6.13. The Labute approximate surface area is 198 Å². The molecule has 0 aliphatic carbocycles. The van der Waals surface area contributed by atoms with E-state index in [4.69, 9.17) is 9.47 Å². The van der Waals surface area contributed by atoms with Gasteiger partial charge in [-0.3, -0.25) is 0 Å². The van der Waals surface area contributed by atoms with Gasteiger partial charge < -0.3 is 14.5 Å². The molecule has 0 bridgehead atoms. The van der Waals surface area contributed by atoms with Crippen molar-refractivity contribution in [3.8, 4) is 34.0 Å². The van der Waals surface area contributed by atoms with E-state index in [0.717, 1.165) is 12.1 Å². The second kappa shape index (κ2) is 8.21. The first kappa shape index (κ1) is 25.4. The number of H-pyrrole nitrogens is 1. The molecule has 0 radical (unpaired) electrons. The molecule has 0 atom stereocenters. The largest absolute Gasteiger partial charge is 0.497 e. The quantitative estimate of drug-likeness (QED) is 0.262. The standard InChI is InChI=1S/C23H19F5N2O2S.ClH/c1-31-17-11-7-15(8-12-17)21-22(16-9-13-18(32-2)14-10-16)30-23(29-21)33(25,26,27,28)20-6-4-3-5-19(20)24;/h3-14H,1-2H3,(H,29,30);1H. The van der Waals surface area contributed by atoms with Crippen LogP contribution in [0, 0.1) is 5.82 Å². The minimum atomic E-state index is -9.36. The zero-order valence-corrected chi connectivity index (χ0v) is 19.5. The van der Waals surface area contributed by atoms with Crippen LogP contribution in [-0.2, 0) is 0 Å². The zero-order chi connectivity index (χ0) is 23.9. The van der Waals surface area contributed by atoms with Gasteiger partial charge >= 0.3 is 0 Å². The summed E-state index contributed by atoms with van der Waals surface area (Å²) in [5.74, 6) is -0.755. The predicted molar refractivity (Wildman–Crippen MR) is 125 cm³/mol. The van der Waals surface area contributed by atoms with E-state index in [1.165, 1.54) is 38.5 Å². The normalized spacial score (nSPS) is 13.4. The molecule has 182 valence electrons. The smallest absolute Gasteiger partial charge is 0.240 e. The Morgan fingerprint density at radius 2 is 1.24 bits per heavy atom. The SMILES string of the molecule is COc1ccc(-c2nc(S(F)(F)(F)(F)c3ccccc3F)[nH]c2-c2ccc(OC)cc2)cc1.Cl. The van der Waals surface area contributed by atoms with Crippen LogP contribution in [0.15, 0.2) is 82.8 Å². The van der Waals surface area contributed by atoms with Crippen LogP contribution in [0.2, 0.25) is 0 Å². The van der Waals surface area contributed by atoms with E-state index in [2.05, 4.69) is 9.97 Å². The highest BCUT2D eigenvalue weighted by atomic mass is 35.5. The number of halogens is 6. The van der Waals surface area contributed by atoms with E-state index < -0.39 is 25.7 Å². The summed E-state index contributed by atoms with van der Waals surface area (Å²) < 4.78 is 86.0. The Hall–Kier alpha value is -3.24. The Bertz CT molecular complexity index is 1260. The number of imidazole rings is 1. The van der Waals surface area contributed by atoms with Crippen molar-refractivity contribution in [3.05, 3.63) is 78.6 Å². The summed E-state index contributed by atoms with van der Waals surface area (Å²) in [6, 6.07) is 15.1. The first-order chi connectivity index (χ1) is 15.5. The fourth-order valence-electron chi connectivity index (χ4n) is 3.35.